The van der Waals surface area contributed by atoms with Gasteiger partial charge in [-0.25, -0.2) is 4.79 Å². The zero-order valence-electron chi connectivity index (χ0n) is 20.2. The number of halogens is 3. The fourth-order valence-electron chi connectivity index (χ4n) is 4.36. The van der Waals surface area contributed by atoms with E-state index in [4.69, 9.17) is 26.8 Å². The summed E-state index contributed by atoms with van der Waals surface area (Å²) < 4.78 is 31.7. The average molecular weight is 531 g/mol. The first-order valence-electron chi connectivity index (χ1n) is 11.7. The van der Waals surface area contributed by atoms with E-state index in [1.165, 1.54) is 9.80 Å². The number of likely N-dealkylation sites (tertiary alicyclic amines) is 2. The summed E-state index contributed by atoms with van der Waals surface area (Å²) in [5.41, 5.74) is 12.0. The Hall–Kier alpha value is -3.39. The molecular formula is C23H33F3N6O5. The molecule has 11 nitrogen and oxygen atoms in total. The van der Waals surface area contributed by atoms with Gasteiger partial charge in [0.2, 0.25) is 11.8 Å². The molecule has 0 bridgehead atoms. The van der Waals surface area contributed by atoms with Crippen molar-refractivity contribution >= 4 is 23.7 Å². The highest BCUT2D eigenvalue weighted by molar-refractivity contribution is 5.91. The van der Waals surface area contributed by atoms with Crippen LogP contribution in [0.1, 0.15) is 37.7 Å². The topological polar surface area (TPSA) is 186 Å². The minimum atomic E-state index is -5.08. The van der Waals surface area contributed by atoms with Crippen molar-refractivity contribution in [1.29, 1.82) is 5.41 Å². The minimum absolute atomic E-state index is 0.101. The number of carbonyl (C=O) groups excluding carboxylic acids is 2. The number of nitrogens with one attached hydrogen (secondary N) is 2. The van der Waals surface area contributed by atoms with Gasteiger partial charge in [0.05, 0.1) is 18.1 Å². The number of amides is 2. The van der Waals surface area contributed by atoms with Crippen LogP contribution in [0.5, 0.6) is 0 Å². The first-order chi connectivity index (χ1) is 17.2. The van der Waals surface area contributed by atoms with E-state index in [0.717, 1.165) is 18.4 Å². The Labute approximate surface area is 212 Å². The average Bonchev–Trinajstić information content (AvgIpc) is 2.94. The molecule has 1 aromatic carbocycles. The number of carboxylic acid groups (broad SMARTS) is 1. The first-order valence-corrected chi connectivity index (χ1v) is 11.7. The minimum Gasteiger partial charge on any atom is -0.475 e. The van der Waals surface area contributed by atoms with E-state index in [0.29, 0.717) is 38.8 Å². The quantitative estimate of drug-likeness (QED) is 0.233. The highest BCUT2D eigenvalue weighted by Gasteiger charge is 2.40. The molecule has 2 heterocycles. The summed E-state index contributed by atoms with van der Waals surface area (Å²) in [6.45, 7) is 0.852. The molecule has 14 heteroatoms. The van der Waals surface area contributed by atoms with Gasteiger partial charge in [-0.05, 0) is 44.1 Å². The van der Waals surface area contributed by atoms with Crippen LogP contribution in [0.25, 0.3) is 0 Å². The van der Waals surface area contributed by atoms with Crippen molar-refractivity contribution in [2.45, 2.75) is 62.5 Å². The van der Waals surface area contributed by atoms with Gasteiger partial charge < -0.3 is 36.8 Å². The highest BCUT2D eigenvalue weighted by Crippen LogP contribution is 2.24. The Balaban J connectivity index is 0.000000604. The number of piperidine rings is 1. The summed E-state index contributed by atoms with van der Waals surface area (Å²) in [5.74, 6) is -3.54. The lowest BCUT2D eigenvalue weighted by molar-refractivity contribution is -0.192. The van der Waals surface area contributed by atoms with Crippen LogP contribution in [0.4, 0.5) is 13.2 Å². The van der Waals surface area contributed by atoms with E-state index in [9.17, 15) is 27.9 Å². The van der Waals surface area contributed by atoms with E-state index >= 15 is 0 Å². The van der Waals surface area contributed by atoms with E-state index in [2.05, 4.69) is 5.32 Å². The lowest BCUT2D eigenvalue weighted by atomic mass is 9.86. The molecule has 1 unspecified atom stereocenters. The van der Waals surface area contributed by atoms with Crippen LogP contribution in [0, 0.1) is 5.41 Å². The normalized spacial score (nSPS) is 24.4. The molecule has 2 saturated heterocycles. The maximum absolute atomic E-state index is 13.2. The second kappa shape index (κ2) is 12.7. The van der Waals surface area contributed by atoms with Crippen LogP contribution >= 0.6 is 0 Å². The maximum atomic E-state index is 13.2. The summed E-state index contributed by atoms with van der Waals surface area (Å²) in [5, 5.41) is 27.9. The van der Waals surface area contributed by atoms with Crippen LogP contribution in [-0.4, -0.2) is 87.4 Å². The molecule has 0 aliphatic carbocycles. The van der Waals surface area contributed by atoms with Crippen LogP contribution in [0.15, 0.2) is 30.3 Å². The number of hydrogen-bond donors (Lipinski definition) is 6. The number of benzene rings is 1. The molecule has 2 fully saturated rings. The molecule has 1 aromatic rings. The van der Waals surface area contributed by atoms with Gasteiger partial charge in [-0.15, -0.1) is 0 Å². The fourth-order valence-corrected chi connectivity index (χ4v) is 4.36. The van der Waals surface area contributed by atoms with Gasteiger partial charge in [0.25, 0.3) is 0 Å². The molecule has 3 atom stereocenters. The molecular weight excluding hydrogens is 497 g/mol. The van der Waals surface area contributed by atoms with Crippen LogP contribution in [0.2, 0.25) is 0 Å². The first kappa shape index (κ1) is 29.8. The number of rotatable bonds is 5. The van der Waals surface area contributed by atoms with Crippen LogP contribution in [0.3, 0.4) is 0 Å². The zero-order valence-corrected chi connectivity index (χ0v) is 20.2. The van der Waals surface area contributed by atoms with Crippen LogP contribution < -0.4 is 16.8 Å². The van der Waals surface area contributed by atoms with E-state index in [1.807, 2.05) is 30.3 Å². The molecule has 3 rings (SSSR count). The van der Waals surface area contributed by atoms with Gasteiger partial charge in [-0.1, -0.05) is 30.3 Å². The molecule has 0 saturated carbocycles. The van der Waals surface area contributed by atoms with Crippen molar-refractivity contribution in [3.63, 3.8) is 0 Å². The standard InChI is InChI=1S/C21H32N6O3.C2HF3O2/c22-20(23)27-12-6-9-16(18(27)29)25-17(28)14-26-11-5-4-10-21(24,19(26)30)13-15-7-2-1-3-8-15;3-2(4,5)1(6)7/h1-3,7-8,16,18,29H,4-6,9-14,24H2,(H3,22,23)(H,25,28);(H,6,7)/t16-,18?,21+;/m0./s1. The van der Waals surface area contributed by atoms with Crippen molar-refractivity contribution in [1.82, 2.24) is 15.1 Å². The van der Waals surface area contributed by atoms with E-state index < -0.39 is 30.0 Å². The third kappa shape index (κ3) is 8.60. The predicted molar refractivity (Wildman–Crippen MR) is 127 cm³/mol. The third-order valence-electron chi connectivity index (χ3n) is 6.20. The molecule has 8 N–H and O–H groups in total. The summed E-state index contributed by atoms with van der Waals surface area (Å²) in [6, 6.07) is 9.13. The summed E-state index contributed by atoms with van der Waals surface area (Å²) in [4.78, 5) is 37.7. The second-order valence-corrected chi connectivity index (χ2v) is 9.11. The van der Waals surface area contributed by atoms with Crippen LogP contribution in [-0.2, 0) is 20.8 Å². The van der Waals surface area contributed by atoms with Crippen molar-refractivity contribution in [2.24, 2.45) is 11.5 Å². The lowest BCUT2D eigenvalue weighted by Gasteiger charge is -2.38. The summed E-state index contributed by atoms with van der Waals surface area (Å²) in [6.07, 6.45) is -2.23. The zero-order chi connectivity index (χ0) is 27.8. The Morgan fingerprint density at radius 2 is 1.78 bits per heavy atom. The van der Waals surface area contributed by atoms with Gasteiger partial charge in [-0.2, -0.15) is 13.2 Å². The lowest BCUT2D eigenvalue weighted by Crippen LogP contribution is -2.60. The number of nitrogens with zero attached hydrogens (tertiary/aromatic N) is 2. The molecule has 0 radical (unpaired) electrons. The van der Waals surface area contributed by atoms with Gasteiger partial charge in [0.15, 0.2) is 5.96 Å². The third-order valence-corrected chi connectivity index (χ3v) is 6.20. The number of aliphatic hydroxyl groups is 1. The van der Waals surface area contributed by atoms with E-state index in [1.54, 1.807) is 0 Å². The molecule has 0 spiro atoms. The molecule has 37 heavy (non-hydrogen) atoms. The largest absolute Gasteiger partial charge is 0.490 e. The molecule has 2 aliphatic heterocycles. The maximum Gasteiger partial charge on any atom is 0.490 e. The van der Waals surface area contributed by atoms with Gasteiger partial charge in [0.1, 0.15) is 6.23 Å². The molecule has 206 valence electrons. The van der Waals surface area contributed by atoms with Crippen molar-refractivity contribution in [3.8, 4) is 0 Å². The van der Waals surface area contributed by atoms with Crippen molar-refractivity contribution in [2.75, 3.05) is 19.6 Å². The smallest absolute Gasteiger partial charge is 0.475 e. The highest BCUT2D eigenvalue weighted by atomic mass is 19.4. The Morgan fingerprint density at radius 1 is 1.16 bits per heavy atom. The monoisotopic (exact) mass is 530 g/mol. The predicted octanol–water partition coefficient (Wildman–Crippen LogP) is 0.365. The number of aliphatic hydroxyl groups excluding tert-OH is 1. The Morgan fingerprint density at radius 3 is 2.35 bits per heavy atom. The number of hydrogen-bond acceptors (Lipinski definition) is 6. The molecule has 0 aromatic heterocycles. The SMILES string of the molecule is N=C(N)N1CCC[C@H](NC(=O)CN2CCCC[C@@](N)(Cc3ccccc3)C2=O)C1O.O=C(O)C(F)(F)F. The number of alkyl halides is 3. The Bertz CT molecular complexity index is 964. The van der Waals surface area contributed by atoms with E-state index in [-0.39, 0.29) is 24.3 Å². The number of aliphatic carboxylic acids is 1. The number of nitrogens with two attached hydrogens (primary N) is 2. The summed E-state index contributed by atoms with van der Waals surface area (Å²) >= 11 is 0. The van der Waals surface area contributed by atoms with Gasteiger partial charge >= 0.3 is 12.1 Å². The molecule has 2 aliphatic rings. The number of carboxylic acids is 1. The second-order valence-electron chi connectivity index (χ2n) is 9.11. The molecule has 2 amide bonds. The van der Waals surface area contributed by atoms with Crippen molar-refractivity contribution < 1.29 is 37.8 Å². The van der Waals surface area contributed by atoms with Gasteiger partial charge in [-0.3, -0.25) is 15.0 Å². The van der Waals surface area contributed by atoms with Gasteiger partial charge in [0, 0.05) is 13.1 Å². The fraction of sp³-hybridized carbons (Fsp3) is 0.565. The van der Waals surface area contributed by atoms with Crippen molar-refractivity contribution in [3.05, 3.63) is 35.9 Å². The number of guanidine groups is 1. The Kier molecular flexibility index (Phi) is 10.3. The summed E-state index contributed by atoms with van der Waals surface area (Å²) in [7, 11) is 0. The number of carbonyl (C=O) groups is 3.